The quantitative estimate of drug-likeness (QED) is 0.351. The normalized spacial score (nSPS) is 34.7. The third kappa shape index (κ3) is 7.07. The molecule has 1 aromatic heterocycles. The number of nitrogens with one attached hydrogen (secondary N) is 1. The van der Waals surface area contributed by atoms with Crippen LogP contribution in [0, 0.1) is 0 Å². The van der Waals surface area contributed by atoms with E-state index in [9.17, 15) is 28.5 Å². The first-order valence-electron chi connectivity index (χ1n) is 13.6. The van der Waals surface area contributed by atoms with Crippen LogP contribution in [0.2, 0.25) is 0 Å². The molecule has 10 nitrogen and oxygen atoms in total. The average Bonchev–Trinajstić information content (AvgIpc) is 3.47. The molecular weight excluding hydrogens is 587 g/mol. The van der Waals surface area contributed by atoms with Crippen molar-refractivity contribution in [1.29, 1.82) is 0 Å². The first-order chi connectivity index (χ1) is 19.4. The first-order valence-corrected chi connectivity index (χ1v) is 16.9. The molecule has 0 aromatic carbocycles. The van der Waals surface area contributed by atoms with Gasteiger partial charge < -0.3 is 20.1 Å². The Morgan fingerprint density at radius 3 is 2.59 bits per heavy atom. The maximum Gasteiger partial charge on any atom is 0.410 e. The van der Waals surface area contributed by atoms with E-state index in [1.807, 2.05) is 0 Å². The lowest BCUT2D eigenvalue weighted by molar-refractivity contribution is -0.132. The summed E-state index contributed by atoms with van der Waals surface area (Å²) in [5.41, 5.74) is -0.771. The summed E-state index contributed by atoms with van der Waals surface area (Å²) in [6.45, 7) is 5.92. The van der Waals surface area contributed by atoms with Crippen LogP contribution in [-0.4, -0.2) is 71.6 Å². The second kappa shape index (κ2) is 13.1. The molecule has 13 heteroatoms. The molecule has 2 N–H and O–H groups in total. The molecule has 2 saturated heterocycles. The molecule has 0 saturated carbocycles. The van der Waals surface area contributed by atoms with Gasteiger partial charge in [-0.3, -0.25) is 14.4 Å². The van der Waals surface area contributed by atoms with Crippen molar-refractivity contribution in [1.82, 2.24) is 15.2 Å². The van der Waals surface area contributed by atoms with Crippen molar-refractivity contribution >= 4 is 60.9 Å². The zero-order valence-electron chi connectivity index (χ0n) is 23.3. The van der Waals surface area contributed by atoms with Gasteiger partial charge in [-0.1, -0.05) is 17.7 Å². The Balaban J connectivity index is 1.68. The standard InChI is InChI=1S/C28H35N3O7S3/c1-18-11-12-28(27(3,36)25(34)40-41(28)37)16-23(33)29-19(2)24-30-20(17-39-24)9-5-6-10-21(32)22(15-18)38-26(35)31-13-7-4-8-14-31/h5-6,9-10,15,17,19,22,36H,4,7-8,11-14,16H2,1-3H3,(H,29,33)/b9-5-,10-6+,18-15+/t19-,22-,27+,28-,41?/m1/s1. The summed E-state index contributed by atoms with van der Waals surface area (Å²) in [5.74, 6) is -0.910. The predicted octanol–water partition coefficient (Wildman–Crippen LogP) is 4.01. The summed E-state index contributed by atoms with van der Waals surface area (Å²) in [6, 6.07) is -0.456. The summed E-state index contributed by atoms with van der Waals surface area (Å²) in [5, 5.41) is 15.9. The molecule has 1 spiro atoms. The van der Waals surface area contributed by atoms with E-state index in [4.69, 9.17) is 4.74 Å². The van der Waals surface area contributed by atoms with Gasteiger partial charge >= 0.3 is 6.09 Å². The lowest BCUT2D eigenvalue weighted by Crippen LogP contribution is -2.55. The highest BCUT2D eigenvalue weighted by Gasteiger charge is 2.63. The molecule has 2 amide bonds. The van der Waals surface area contributed by atoms with Crippen molar-refractivity contribution in [2.24, 2.45) is 0 Å². The predicted molar refractivity (Wildman–Crippen MR) is 159 cm³/mol. The molecule has 4 rings (SSSR count). The number of carbonyl (C=O) groups excluding carboxylic acids is 4. The van der Waals surface area contributed by atoms with Gasteiger partial charge in [0.25, 0.3) is 0 Å². The van der Waals surface area contributed by atoms with Crippen LogP contribution in [-0.2, 0) is 29.0 Å². The van der Waals surface area contributed by atoms with Crippen LogP contribution in [0.25, 0.3) is 6.08 Å². The number of ether oxygens (including phenoxy) is 1. The van der Waals surface area contributed by atoms with Crippen LogP contribution in [0.5, 0.6) is 0 Å². The topological polar surface area (TPSA) is 143 Å². The number of thiazole rings is 1. The number of fused-ring (bicyclic) bond motifs is 2. The Hall–Kier alpha value is -2.61. The Bertz CT molecular complexity index is 1310. The number of nitrogens with zero attached hydrogens (tertiary/aromatic N) is 2. The van der Waals surface area contributed by atoms with Crippen LogP contribution >= 0.6 is 22.1 Å². The summed E-state index contributed by atoms with van der Waals surface area (Å²) in [6.07, 6.45) is 8.67. The van der Waals surface area contributed by atoms with Crippen molar-refractivity contribution in [3.8, 4) is 0 Å². The van der Waals surface area contributed by atoms with E-state index in [0.717, 1.165) is 19.3 Å². The minimum atomic E-state index is -2.03. The molecule has 4 heterocycles. The van der Waals surface area contributed by atoms with E-state index in [2.05, 4.69) is 10.3 Å². The maximum absolute atomic E-state index is 13.3. The van der Waals surface area contributed by atoms with E-state index in [1.165, 1.54) is 30.4 Å². The van der Waals surface area contributed by atoms with Crippen molar-refractivity contribution < 1.29 is 33.2 Å². The van der Waals surface area contributed by atoms with E-state index >= 15 is 0 Å². The first kappa shape index (κ1) is 31.3. The molecule has 2 fully saturated rings. The molecule has 5 atom stereocenters. The molecule has 1 aromatic rings. The second-order valence-electron chi connectivity index (χ2n) is 10.7. The molecule has 2 bridgehead atoms. The van der Waals surface area contributed by atoms with Crippen LogP contribution in [0.15, 0.2) is 35.3 Å². The number of carbonyl (C=O) groups is 4. The molecule has 41 heavy (non-hydrogen) atoms. The van der Waals surface area contributed by atoms with Crippen molar-refractivity contribution in [2.75, 3.05) is 13.1 Å². The summed E-state index contributed by atoms with van der Waals surface area (Å²) in [7, 11) is -1.37. The van der Waals surface area contributed by atoms with Gasteiger partial charge in [-0.15, -0.1) is 11.3 Å². The molecule has 0 aliphatic carbocycles. The number of piperidine rings is 1. The molecule has 1 unspecified atom stereocenters. The van der Waals surface area contributed by atoms with Crippen LogP contribution in [0.4, 0.5) is 4.79 Å². The smallest absolute Gasteiger partial charge is 0.410 e. The summed E-state index contributed by atoms with van der Waals surface area (Å²) < 4.78 is 17.4. The Morgan fingerprint density at radius 1 is 1.20 bits per heavy atom. The summed E-state index contributed by atoms with van der Waals surface area (Å²) >= 11 is 1.35. The molecular formula is C28H35N3O7S3. The zero-order valence-corrected chi connectivity index (χ0v) is 25.7. The lowest BCUT2D eigenvalue weighted by Gasteiger charge is -2.36. The van der Waals surface area contributed by atoms with Gasteiger partial charge in [0.1, 0.15) is 15.4 Å². The van der Waals surface area contributed by atoms with Gasteiger partial charge in [0.15, 0.2) is 11.9 Å². The molecule has 3 aliphatic rings. The molecule has 222 valence electrons. The van der Waals surface area contributed by atoms with Gasteiger partial charge in [0.2, 0.25) is 11.0 Å². The average molecular weight is 622 g/mol. The third-order valence-electron chi connectivity index (χ3n) is 7.61. The Labute approximate surface area is 249 Å². The molecule has 3 aliphatic heterocycles. The number of hydrogen-bond acceptors (Lipinski definition) is 10. The SMILES string of the molecule is C/C1=C\[C@@H](OC(=O)N2CCCCC2)C(=O)/C=C/C=C\c2csc(n2)[C@@H](C)NC(=O)C[C@@]2(CC1)S(=O)SC(=O)[C@]2(C)O. The monoisotopic (exact) mass is 621 g/mol. The lowest BCUT2D eigenvalue weighted by atomic mass is 9.81. The number of hydrogen-bond donors (Lipinski definition) is 2. The highest BCUT2D eigenvalue weighted by atomic mass is 33.1. The number of rotatable bonds is 1. The van der Waals surface area contributed by atoms with Crippen LogP contribution in [0.1, 0.15) is 76.0 Å². The van der Waals surface area contributed by atoms with Gasteiger partial charge in [-0.2, -0.15) is 0 Å². The fraction of sp³-hybridized carbons (Fsp3) is 0.536. The number of allylic oxidation sites excluding steroid dienone is 3. The third-order valence-corrected chi connectivity index (χ3v) is 12.6. The van der Waals surface area contributed by atoms with Crippen molar-refractivity contribution in [2.45, 2.75) is 81.8 Å². The number of aliphatic hydroxyl groups is 1. The number of aromatic nitrogens is 1. The number of amides is 2. The van der Waals surface area contributed by atoms with E-state index in [-0.39, 0.29) is 19.3 Å². The van der Waals surface area contributed by atoms with Crippen molar-refractivity contribution in [3.63, 3.8) is 0 Å². The second-order valence-corrected chi connectivity index (χ2v) is 14.8. The number of ketones is 1. The maximum atomic E-state index is 13.3. The van der Waals surface area contributed by atoms with Crippen LogP contribution < -0.4 is 5.32 Å². The Morgan fingerprint density at radius 2 is 1.90 bits per heavy atom. The van der Waals surface area contributed by atoms with Gasteiger partial charge in [-0.25, -0.2) is 14.0 Å². The minimum Gasteiger partial charge on any atom is -0.433 e. The number of likely N-dealkylation sites (tertiary alicyclic amines) is 1. The fourth-order valence-electron chi connectivity index (χ4n) is 4.99. The highest BCUT2D eigenvalue weighted by Crippen LogP contribution is 2.50. The fourth-order valence-corrected chi connectivity index (χ4v) is 9.73. The van der Waals surface area contributed by atoms with Gasteiger partial charge in [-0.05, 0) is 71.1 Å². The molecule has 0 radical (unpaired) electrons. The van der Waals surface area contributed by atoms with Gasteiger partial charge in [0, 0.05) is 35.7 Å². The highest BCUT2D eigenvalue weighted by molar-refractivity contribution is 8.76. The van der Waals surface area contributed by atoms with E-state index in [1.54, 1.807) is 42.4 Å². The Kier molecular flexibility index (Phi) is 10.0. The van der Waals surface area contributed by atoms with Crippen molar-refractivity contribution in [3.05, 3.63) is 46.0 Å². The van der Waals surface area contributed by atoms with Gasteiger partial charge in [0.05, 0.1) is 21.6 Å². The van der Waals surface area contributed by atoms with E-state index in [0.29, 0.717) is 40.2 Å². The minimum absolute atomic E-state index is 0.0243. The summed E-state index contributed by atoms with van der Waals surface area (Å²) in [4.78, 5) is 58.0. The van der Waals surface area contributed by atoms with Crippen LogP contribution in [0.3, 0.4) is 0 Å². The zero-order chi connectivity index (χ0) is 29.8. The van der Waals surface area contributed by atoms with E-state index < -0.39 is 55.2 Å². The largest absolute Gasteiger partial charge is 0.433 e.